The van der Waals surface area contributed by atoms with E-state index in [-0.39, 0.29) is 6.04 Å². The molecule has 5 rings (SSSR count). The van der Waals surface area contributed by atoms with Gasteiger partial charge in [-0.15, -0.1) is 0 Å². The number of nitrogens with zero attached hydrogens (tertiary/aromatic N) is 3. The van der Waals surface area contributed by atoms with E-state index in [4.69, 9.17) is 15.0 Å². The summed E-state index contributed by atoms with van der Waals surface area (Å²) in [4.78, 5) is 14.4. The molecule has 1 aliphatic rings. The molecular formula is C27H22N4. The minimum absolute atomic E-state index is 0.248. The van der Waals surface area contributed by atoms with E-state index in [2.05, 4.69) is 42.6 Å². The summed E-state index contributed by atoms with van der Waals surface area (Å²) < 4.78 is 0. The highest BCUT2D eigenvalue weighted by Crippen LogP contribution is 2.28. The lowest BCUT2D eigenvalue weighted by molar-refractivity contribution is 0.779. The fourth-order valence-corrected chi connectivity index (χ4v) is 3.71. The Labute approximate surface area is 182 Å². The molecule has 2 heterocycles. The molecule has 1 atom stereocenters. The molecule has 0 radical (unpaired) electrons. The maximum Gasteiger partial charge on any atom is 0.164 e. The van der Waals surface area contributed by atoms with Gasteiger partial charge in [0.25, 0.3) is 0 Å². The summed E-state index contributed by atoms with van der Waals surface area (Å²) in [5.41, 5.74) is 5.31. The molecule has 0 fully saturated rings. The first-order valence-corrected chi connectivity index (χ1v) is 10.4. The van der Waals surface area contributed by atoms with Crippen LogP contribution in [0.1, 0.15) is 12.5 Å². The first-order valence-electron chi connectivity index (χ1n) is 10.4. The quantitative estimate of drug-likeness (QED) is 0.471. The van der Waals surface area contributed by atoms with Crippen LogP contribution in [-0.4, -0.2) is 21.0 Å². The topological polar surface area (TPSA) is 50.7 Å². The Morgan fingerprint density at radius 3 is 1.71 bits per heavy atom. The maximum absolute atomic E-state index is 4.83. The van der Waals surface area contributed by atoms with Crippen LogP contribution in [0.3, 0.4) is 0 Å². The Hall–Kier alpha value is -4.05. The zero-order valence-electron chi connectivity index (χ0n) is 17.2. The van der Waals surface area contributed by atoms with Gasteiger partial charge in [-0.25, -0.2) is 15.0 Å². The van der Waals surface area contributed by atoms with Crippen LogP contribution in [-0.2, 0) is 0 Å². The molecule has 0 saturated heterocycles. The highest BCUT2D eigenvalue weighted by Gasteiger charge is 2.15. The first kappa shape index (κ1) is 18.9. The third-order valence-electron chi connectivity index (χ3n) is 5.34. The van der Waals surface area contributed by atoms with Gasteiger partial charge in [-0.2, -0.15) is 0 Å². The van der Waals surface area contributed by atoms with Crippen molar-refractivity contribution in [1.82, 2.24) is 20.3 Å². The van der Waals surface area contributed by atoms with E-state index in [1.165, 1.54) is 5.57 Å². The van der Waals surface area contributed by atoms with Crippen molar-refractivity contribution < 1.29 is 0 Å². The van der Waals surface area contributed by atoms with Crippen molar-refractivity contribution in [2.75, 3.05) is 0 Å². The average Bonchev–Trinajstić information content (AvgIpc) is 2.85. The summed E-state index contributed by atoms with van der Waals surface area (Å²) in [6.45, 7) is 2.16. The van der Waals surface area contributed by atoms with Crippen LogP contribution >= 0.6 is 0 Å². The normalized spacial score (nSPS) is 15.3. The fraction of sp³-hybridized carbons (Fsp3) is 0.0741. The van der Waals surface area contributed by atoms with E-state index >= 15 is 0 Å². The van der Waals surface area contributed by atoms with Crippen molar-refractivity contribution in [2.24, 2.45) is 0 Å². The SMILES string of the molecule is CC1NC=CC=C1c1cccc(-c2nc(-c3ccccc3)nc(-c3ccccc3)n2)c1. The standard InChI is InChI=1S/C27H22N4/c1-19-24(16-9-17-28-19)22-14-8-15-23(18-22)27-30-25(20-10-4-2-5-11-20)29-26(31-27)21-12-6-3-7-13-21/h2-19,28H,1H3. The van der Waals surface area contributed by atoms with Crippen LogP contribution in [0.15, 0.2) is 103 Å². The van der Waals surface area contributed by atoms with Crippen LogP contribution in [0.2, 0.25) is 0 Å². The van der Waals surface area contributed by atoms with Gasteiger partial charge in [-0.3, -0.25) is 0 Å². The second kappa shape index (κ2) is 8.36. The summed E-state index contributed by atoms with van der Waals surface area (Å²) in [5, 5.41) is 3.36. The number of hydrogen-bond donors (Lipinski definition) is 1. The number of benzene rings is 3. The lowest BCUT2D eigenvalue weighted by atomic mass is 9.96. The molecule has 0 bridgehead atoms. The molecule has 4 nitrogen and oxygen atoms in total. The number of rotatable bonds is 4. The number of nitrogens with one attached hydrogen (secondary N) is 1. The number of hydrogen-bond acceptors (Lipinski definition) is 4. The van der Waals surface area contributed by atoms with Gasteiger partial charge in [0.05, 0.1) is 0 Å². The highest BCUT2D eigenvalue weighted by atomic mass is 15.0. The monoisotopic (exact) mass is 402 g/mol. The van der Waals surface area contributed by atoms with E-state index in [1.54, 1.807) is 0 Å². The number of dihydropyridines is 1. The van der Waals surface area contributed by atoms with Crippen LogP contribution in [0.25, 0.3) is 39.7 Å². The van der Waals surface area contributed by atoms with Crippen molar-refractivity contribution in [2.45, 2.75) is 13.0 Å². The van der Waals surface area contributed by atoms with Crippen molar-refractivity contribution in [3.05, 3.63) is 109 Å². The molecule has 1 N–H and O–H groups in total. The van der Waals surface area contributed by atoms with Gasteiger partial charge in [-0.1, -0.05) is 84.9 Å². The van der Waals surface area contributed by atoms with Crippen LogP contribution in [0.4, 0.5) is 0 Å². The predicted molar refractivity (Wildman–Crippen MR) is 126 cm³/mol. The molecule has 0 amide bonds. The third kappa shape index (κ3) is 4.01. The summed E-state index contributed by atoms with van der Waals surface area (Å²) >= 11 is 0. The smallest absolute Gasteiger partial charge is 0.164 e. The minimum Gasteiger partial charge on any atom is -0.384 e. The molecule has 31 heavy (non-hydrogen) atoms. The third-order valence-corrected chi connectivity index (χ3v) is 5.34. The van der Waals surface area contributed by atoms with E-state index in [1.807, 2.05) is 72.9 Å². The molecule has 1 aliphatic heterocycles. The van der Waals surface area contributed by atoms with Crippen molar-refractivity contribution in [3.8, 4) is 34.2 Å². The second-order valence-corrected chi connectivity index (χ2v) is 7.49. The van der Waals surface area contributed by atoms with E-state index < -0.39 is 0 Å². The van der Waals surface area contributed by atoms with Crippen LogP contribution in [0, 0.1) is 0 Å². The molecule has 0 spiro atoms. The highest BCUT2D eigenvalue weighted by molar-refractivity contribution is 5.75. The minimum atomic E-state index is 0.248. The van der Waals surface area contributed by atoms with Gasteiger partial charge in [0.2, 0.25) is 0 Å². The lowest BCUT2D eigenvalue weighted by Crippen LogP contribution is -2.23. The van der Waals surface area contributed by atoms with E-state index in [0.29, 0.717) is 17.5 Å². The maximum atomic E-state index is 4.83. The molecule has 150 valence electrons. The van der Waals surface area contributed by atoms with Crippen molar-refractivity contribution in [1.29, 1.82) is 0 Å². The molecular weight excluding hydrogens is 380 g/mol. The predicted octanol–water partition coefficient (Wildman–Crippen LogP) is 5.76. The number of aromatic nitrogens is 3. The van der Waals surface area contributed by atoms with E-state index in [0.717, 1.165) is 22.3 Å². The Morgan fingerprint density at radius 2 is 1.13 bits per heavy atom. The van der Waals surface area contributed by atoms with Gasteiger partial charge in [-0.05, 0) is 36.4 Å². The molecule has 0 aliphatic carbocycles. The van der Waals surface area contributed by atoms with E-state index in [9.17, 15) is 0 Å². The van der Waals surface area contributed by atoms with Gasteiger partial charge >= 0.3 is 0 Å². The van der Waals surface area contributed by atoms with Gasteiger partial charge in [0, 0.05) is 22.7 Å². The van der Waals surface area contributed by atoms with Crippen LogP contribution < -0.4 is 5.32 Å². The van der Waals surface area contributed by atoms with Crippen LogP contribution in [0.5, 0.6) is 0 Å². The summed E-state index contributed by atoms with van der Waals surface area (Å²) in [6, 6.07) is 28.7. The summed E-state index contributed by atoms with van der Waals surface area (Å²) in [7, 11) is 0. The van der Waals surface area contributed by atoms with Gasteiger partial charge < -0.3 is 5.32 Å². The first-order chi connectivity index (χ1) is 15.3. The van der Waals surface area contributed by atoms with Gasteiger partial charge in [0.15, 0.2) is 17.5 Å². The Bertz CT molecular complexity index is 1200. The Balaban J connectivity index is 1.65. The van der Waals surface area contributed by atoms with Crippen molar-refractivity contribution in [3.63, 3.8) is 0 Å². The molecule has 1 unspecified atom stereocenters. The second-order valence-electron chi connectivity index (χ2n) is 7.49. The molecule has 4 aromatic rings. The molecule has 3 aromatic carbocycles. The zero-order valence-corrected chi connectivity index (χ0v) is 17.2. The molecule has 4 heteroatoms. The largest absolute Gasteiger partial charge is 0.384 e. The zero-order chi connectivity index (χ0) is 21.0. The fourth-order valence-electron chi connectivity index (χ4n) is 3.71. The van der Waals surface area contributed by atoms with Gasteiger partial charge in [0.1, 0.15) is 0 Å². The number of allylic oxidation sites excluding steroid dienone is 2. The average molecular weight is 403 g/mol. The Morgan fingerprint density at radius 1 is 0.613 bits per heavy atom. The van der Waals surface area contributed by atoms with Crippen molar-refractivity contribution >= 4 is 5.57 Å². The lowest BCUT2D eigenvalue weighted by Gasteiger charge is -2.20. The molecule has 0 saturated carbocycles. The molecule has 1 aromatic heterocycles. The summed E-state index contributed by atoms with van der Waals surface area (Å²) in [6.07, 6.45) is 6.16. The summed E-state index contributed by atoms with van der Waals surface area (Å²) in [5.74, 6) is 2.01. The Kier molecular flexibility index (Phi) is 5.11.